The zero-order valence-corrected chi connectivity index (χ0v) is 19.1. The number of hydrogen-bond acceptors (Lipinski definition) is 6. The summed E-state index contributed by atoms with van der Waals surface area (Å²) in [6, 6.07) is 10.5. The van der Waals surface area contributed by atoms with Crippen LogP contribution >= 0.6 is 11.6 Å². The summed E-state index contributed by atoms with van der Waals surface area (Å²) in [5, 5.41) is 5.89. The van der Waals surface area contributed by atoms with E-state index < -0.39 is 24.2 Å². The Morgan fingerprint density at radius 1 is 0.861 bits per heavy atom. The molecule has 4 rings (SSSR count). The summed E-state index contributed by atoms with van der Waals surface area (Å²) in [4.78, 5) is 8.86. The van der Waals surface area contributed by atoms with Gasteiger partial charge in [0.1, 0.15) is 17.3 Å². The lowest BCUT2D eigenvalue weighted by atomic mass is 10.1. The van der Waals surface area contributed by atoms with Gasteiger partial charge < -0.3 is 20.1 Å². The fraction of sp³-hybridized carbons (Fsp3) is 0.304. The van der Waals surface area contributed by atoms with Gasteiger partial charge in [-0.3, -0.25) is 0 Å². The Bertz CT molecular complexity index is 1220. The van der Waals surface area contributed by atoms with Crippen molar-refractivity contribution in [3.05, 3.63) is 53.6 Å². The summed E-state index contributed by atoms with van der Waals surface area (Å²) in [6.45, 7) is 0. The topological polar surface area (TPSA) is 68.3 Å². The van der Waals surface area contributed by atoms with Crippen molar-refractivity contribution in [1.82, 2.24) is 9.97 Å². The van der Waals surface area contributed by atoms with E-state index in [1.807, 2.05) is 0 Å². The van der Waals surface area contributed by atoms with Crippen LogP contribution in [0.25, 0.3) is 11.3 Å². The van der Waals surface area contributed by atoms with Gasteiger partial charge >= 0.3 is 12.7 Å². The monoisotopic (exact) mass is 532 g/mol. The molecule has 2 N–H and O–H groups in total. The molecule has 0 bridgehead atoms. The number of benzene rings is 2. The summed E-state index contributed by atoms with van der Waals surface area (Å²) in [5.41, 5.74) is 0.938. The molecule has 36 heavy (non-hydrogen) atoms. The van der Waals surface area contributed by atoms with E-state index in [0.29, 0.717) is 16.9 Å². The summed E-state index contributed by atoms with van der Waals surface area (Å²) >= 11 is 5.93. The maximum Gasteiger partial charge on any atom is 0.573 e. The standard InChI is InChI=1S/C23H19ClF6N4O2/c24-17-11-15(8-9-19(17)36-23(28,29)30)31-20-12-18(33-21(34-20)32-14-5-1-2-6-14)13-4-3-7-16(10-13)35-22(25,26)27/h3-4,7-12,14H,1-2,5-6H2,(H2,31,32,33,34). The lowest BCUT2D eigenvalue weighted by Gasteiger charge is -2.16. The van der Waals surface area contributed by atoms with Gasteiger partial charge in [0.15, 0.2) is 0 Å². The van der Waals surface area contributed by atoms with Crippen LogP contribution in [-0.4, -0.2) is 28.7 Å². The van der Waals surface area contributed by atoms with Gasteiger partial charge in [-0.25, -0.2) is 4.98 Å². The van der Waals surface area contributed by atoms with E-state index in [1.54, 1.807) is 6.07 Å². The third-order valence-electron chi connectivity index (χ3n) is 5.21. The highest BCUT2D eigenvalue weighted by Gasteiger charge is 2.32. The summed E-state index contributed by atoms with van der Waals surface area (Å²) in [7, 11) is 0. The van der Waals surface area contributed by atoms with E-state index in [2.05, 4.69) is 30.1 Å². The van der Waals surface area contributed by atoms with Gasteiger partial charge in [-0.1, -0.05) is 36.6 Å². The van der Waals surface area contributed by atoms with Crippen LogP contribution in [0.5, 0.6) is 11.5 Å². The zero-order chi connectivity index (χ0) is 25.9. The molecule has 1 aliphatic rings. The predicted molar refractivity (Wildman–Crippen MR) is 121 cm³/mol. The van der Waals surface area contributed by atoms with Gasteiger partial charge in [-0.15, -0.1) is 26.3 Å². The van der Waals surface area contributed by atoms with Gasteiger partial charge in [0, 0.05) is 23.4 Å². The molecule has 0 saturated heterocycles. The van der Waals surface area contributed by atoms with Crippen molar-refractivity contribution in [2.24, 2.45) is 0 Å². The Morgan fingerprint density at radius 2 is 1.58 bits per heavy atom. The van der Waals surface area contributed by atoms with Crippen LogP contribution in [0.15, 0.2) is 48.5 Å². The van der Waals surface area contributed by atoms with Crippen molar-refractivity contribution in [1.29, 1.82) is 0 Å². The SMILES string of the molecule is FC(F)(F)Oc1cccc(-c2cc(Nc3ccc(OC(F)(F)F)c(Cl)c3)nc(NC3CCCC3)n2)c1. The van der Waals surface area contributed by atoms with E-state index >= 15 is 0 Å². The van der Waals surface area contributed by atoms with Gasteiger partial charge in [-0.2, -0.15) is 4.98 Å². The van der Waals surface area contributed by atoms with Crippen molar-refractivity contribution >= 4 is 29.1 Å². The van der Waals surface area contributed by atoms with Crippen molar-refractivity contribution < 1.29 is 35.8 Å². The number of hydrogen-bond donors (Lipinski definition) is 2. The highest BCUT2D eigenvalue weighted by Crippen LogP contribution is 2.34. The molecule has 13 heteroatoms. The number of alkyl halides is 6. The van der Waals surface area contributed by atoms with Crippen LogP contribution < -0.4 is 20.1 Å². The molecule has 1 aromatic heterocycles. The Kier molecular flexibility index (Phi) is 7.34. The Labute approximate surface area is 206 Å². The molecule has 0 amide bonds. The van der Waals surface area contributed by atoms with Gasteiger partial charge in [0.05, 0.1) is 10.7 Å². The normalized spacial score (nSPS) is 14.5. The lowest BCUT2D eigenvalue weighted by molar-refractivity contribution is -0.275. The molecule has 0 aliphatic heterocycles. The molecule has 6 nitrogen and oxygen atoms in total. The van der Waals surface area contributed by atoms with E-state index in [-0.39, 0.29) is 22.8 Å². The van der Waals surface area contributed by atoms with Crippen LogP contribution in [0.3, 0.4) is 0 Å². The second-order valence-electron chi connectivity index (χ2n) is 7.98. The van der Waals surface area contributed by atoms with Crippen molar-refractivity contribution in [2.75, 3.05) is 10.6 Å². The Hall–Kier alpha value is -3.41. The maximum atomic E-state index is 12.7. The largest absolute Gasteiger partial charge is 0.573 e. The molecule has 2 aromatic carbocycles. The molecule has 192 valence electrons. The molecule has 1 heterocycles. The molecular formula is C23H19ClF6N4O2. The molecule has 1 aliphatic carbocycles. The number of halogens is 7. The molecule has 1 fully saturated rings. The number of rotatable bonds is 7. The third-order valence-corrected chi connectivity index (χ3v) is 5.50. The Morgan fingerprint density at radius 3 is 2.25 bits per heavy atom. The highest BCUT2D eigenvalue weighted by atomic mass is 35.5. The van der Waals surface area contributed by atoms with Crippen molar-refractivity contribution in [2.45, 2.75) is 44.4 Å². The van der Waals surface area contributed by atoms with E-state index in [9.17, 15) is 26.3 Å². The van der Waals surface area contributed by atoms with Crippen LogP contribution in [0.4, 0.5) is 43.8 Å². The van der Waals surface area contributed by atoms with Crippen LogP contribution in [-0.2, 0) is 0 Å². The predicted octanol–water partition coefficient (Wildman–Crippen LogP) is 7.69. The average Bonchev–Trinajstić information content (AvgIpc) is 3.27. The minimum absolute atomic E-state index is 0.140. The fourth-order valence-electron chi connectivity index (χ4n) is 3.76. The fourth-order valence-corrected chi connectivity index (χ4v) is 3.98. The van der Waals surface area contributed by atoms with Crippen LogP contribution in [0.2, 0.25) is 5.02 Å². The first kappa shape index (κ1) is 25.7. The highest BCUT2D eigenvalue weighted by molar-refractivity contribution is 6.32. The number of nitrogens with zero attached hydrogens (tertiary/aromatic N) is 2. The summed E-state index contributed by atoms with van der Waals surface area (Å²) < 4.78 is 83.4. The molecule has 3 aromatic rings. The number of nitrogens with one attached hydrogen (secondary N) is 2. The first-order valence-corrected chi connectivity index (χ1v) is 11.2. The van der Waals surface area contributed by atoms with Crippen LogP contribution in [0.1, 0.15) is 25.7 Å². The smallest absolute Gasteiger partial charge is 0.406 e. The number of aromatic nitrogens is 2. The average molecular weight is 533 g/mol. The summed E-state index contributed by atoms with van der Waals surface area (Å²) in [6.07, 6.45) is -5.82. The first-order chi connectivity index (χ1) is 16.9. The first-order valence-electron chi connectivity index (χ1n) is 10.8. The number of anilines is 3. The molecule has 1 saturated carbocycles. The van der Waals surface area contributed by atoms with E-state index in [0.717, 1.165) is 31.7 Å². The second-order valence-corrected chi connectivity index (χ2v) is 8.39. The molecule has 0 radical (unpaired) electrons. The molecule has 0 unspecified atom stereocenters. The van der Waals surface area contributed by atoms with Crippen LogP contribution in [0, 0.1) is 0 Å². The summed E-state index contributed by atoms with van der Waals surface area (Å²) in [5.74, 6) is -0.496. The van der Waals surface area contributed by atoms with Gasteiger partial charge in [0.2, 0.25) is 5.95 Å². The quantitative estimate of drug-likeness (QED) is 0.304. The molecule has 0 atom stereocenters. The Balaban J connectivity index is 1.64. The minimum atomic E-state index is -4.90. The number of ether oxygens (including phenoxy) is 2. The third kappa shape index (κ3) is 7.30. The van der Waals surface area contributed by atoms with Crippen molar-refractivity contribution in [3.63, 3.8) is 0 Å². The lowest BCUT2D eigenvalue weighted by Crippen LogP contribution is -2.18. The van der Waals surface area contributed by atoms with Crippen molar-refractivity contribution in [3.8, 4) is 22.8 Å². The maximum absolute atomic E-state index is 12.7. The second kappa shape index (κ2) is 10.3. The van der Waals surface area contributed by atoms with Gasteiger partial charge in [0.25, 0.3) is 0 Å². The van der Waals surface area contributed by atoms with E-state index in [1.165, 1.54) is 36.4 Å². The van der Waals surface area contributed by atoms with Gasteiger partial charge in [-0.05, 0) is 43.2 Å². The van der Waals surface area contributed by atoms with E-state index in [4.69, 9.17) is 11.6 Å². The minimum Gasteiger partial charge on any atom is -0.406 e. The molecular weight excluding hydrogens is 514 g/mol. The zero-order valence-electron chi connectivity index (χ0n) is 18.4. The molecule has 0 spiro atoms.